The Morgan fingerprint density at radius 2 is 1.95 bits per heavy atom. The number of carbonyl (C=O) groups excluding carboxylic acids is 1. The third-order valence-corrected chi connectivity index (χ3v) is 7.48. The van der Waals surface area contributed by atoms with E-state index in [0.717, 1.165) is 54.5 Å². The molecule has 0 radical (unpaired) electrons. The van der Waals surface area contributed by atoms with Gasteiger partial charge < -0.3 is 19.5 Å². The number of halogens is 1. The summed E-state index contributed by atoms with van der Waals surface area (Å²) in [7, 11) is 2.07. The van der Waals surface area contributed by atoms with Crippen molar-refractivity contribution in [1.29, 1.82) is 0 Å². The fraction of sp³-hybridized carbons (Fsp3) is 0.310. The smallest absolute Gasteiger partial charge is 0.258 e. The van der Waals surface area contributed by atoms with E-state index < -0.39 is 0 Å². The fourth-order valence-electron chi connectivity index (χ4n) is 5.52. The van der Waals surface area contributed by atoms with Crippen LogP contribution in [0.4, 0.5) is 0 Å². The van der Waals surface area contributed by atoms with E-state index in [1.165, 1.54) is 17.3 Å². The van der Waals surface area contributed by atoms with Crippen molar-refractivity contribution in [2.24, 2.45) is 7.05 Å². The third-order valence-electron chi connectivity index (χ3n) is 7.48. The van der Waals surface area contributed by atoms with Gasteiger partial charge in [0.2, 0.25) is 5.91 Å². The summed E-state index contributed by atoms with van der Waals surface area (Å²) in [6.45, 7) is 2.72. The molecule has 0 bridgehead atoms. The molecule has 192 valence electrons. The second kappa shape index (κ2) is 10.4. The number of ether oxygens (including phenoxy) is 1. The third kappa shape index (κ3) is 4.77. The summed E-state index contributed by atoms with van der Waals surface area (Å²) >= 11 is 0. The molecule has 2 aliphatic heterocycles. The molecule has 0 saturated carbocycles. The molecule has 37 heavy (non-hydrogen) atoms. The average Bonchev–Trinajstić information content (AvgIpc) is 3.55. The molecule has 2 aromatic carbocycles. The lowest BCUT2D eigenvalue weighted by Gasteiger charge is -2.30. The Labute approximate surface area is 222 Å². The molecule has 8 heteroatoms. The normalized spacial score (nSPS) is 16.9. The van der Waals surface area contributed by atoms with Crippen LogP contribution in [0.5, 0.6) is 5.75 Å². The van der Waals surface area contributed by atoms with Crippen LogP contribution < -0.4 is 15.6 Å². The van der Waals surface area contributed by atoms with Crippen LogP contribution in [-0.4, -0.2) is 39.1 Å². The van der Waals surface area contributed by atoms with Gasteiger partial charge in [0.25, 0.3) is 5.56 Å². The molecule has 0 spiro atoms. The molecule has 1 N–H and O–H groups in total. The predicted molar refractivity (Wildman–Crippen MR) is 147 cm³/mol. The maximum atomic E-state index is 13.0. The SMILES string of the molecule is Cl.Cn1c2c(c3ccc(-n4ccc(OCc5ccccc5)cc4=O)cc31)CN(C(=O)[C@@H]1CCCN1)CC2. The molecule has 0 aliphatic carbocycles. The number of nitrogens with one attached hydrogen (secondary N) is 1. The molecule has 2 aromatic heterocycles. The van der Waals surface area contributed by atoms with Crippen LogP contribution in [0.25, 0.3) is 16.6 Å². The van der Waals surface area contributed by atoms with Crippen molar-refractivity contribution in [2.45, 2.75) is 38.5 Å². The van der Waals surface area contributed by atoms with E-state index in [1.807, 2.05) is 47.4 Å². The van der Waals surface area contributed by atoms with Crippen LogP contribution in [0.15, 0.2) is 71.7 Å². The van der Waals surface area contributed by atoms with Crippen LogP contribution in [0, 0.1) is 0 Å². The van der Waals surface area contributed by atoms with E-state index >= 15 is 0 Å². The van der Waals surface area contributed by atoms with Crippen LogP contribution in [-0.2, 0) is 31.4 Å². The first kappa shape index (κ1) is 25.1. The van der Waals surface area contributed by atoms with Gasteiger partial charge in [0.15, 0.2) is 0 Å². The zero-order chi connectivity index (χ0) is 24.6. The Kier molecular flexibility index (Phi) is 7.09. The second-order valence-electron chi connectivity index (χ2n) is 9.69. The average molecular weight is 519 g/mol. The Morgan fingerprint density at radius 1 is 1.11 bits per heavy atom. The van der Waals surface area contributed by atoms with Gasteiger partial charge in [0.05, 0.1) is 17.2 Å². The minimum absolute atomic E-state index is 0. The van der Waals surface area contributed by atoms with Crippen molar-refractivity contribution in [3.63, 3.8) is 0 Å². The Morgan fingerprint density at radius 3 is 2.70 bits per heavy atom. The lowest BCUT2D eigenvalue weighted by atomic mass is 10.0. The molecule has 1 amide bonds. The van der Waals surface area contributed by atoms with Gasteiger partial charge in [0.1, 0.15) is 12.4 Å². The van der Waals surface area contributed by atoms with E-state index in [9.17, 15) is 9.59 Å². The number of aromatic nitrogens is 2. The van der Waals surface area contributed by atoms with Gasteiger partial charge in [-0.1, -0.05) is 36.4 Å². The summed E-state index contributed by atoms with van der Waals surface area (Å²) in [5.41, 5.74) is 5.28. The summed E-state index contributed by atoms with van der Waals surface area (Å²) in [6, 6.07) is 19.3. The number of aryl methyl sites for hydroxylation is 1. The first-order valence-electron chi connectivity index (χ1n) is 12.6. The van der Waals surface area contributed by atoms with E-state index in [0.29, 0.717) is 18.9 Å². The molecule has 0 unspecified atom stereocenters. The lowest BCUT2D eigenvalue weighted by molar-refractivity contribution is -0.134. The van der Waals surface area contributed by atoms with E-state index in [2.05, 4.69) is 29.1 Å². The summed E-state index contributed by atoms with van der Waals surface area (Å²) in [4.78, 5) is 27.9. The molecule has 6 rings (SSSR count). The van der Waals surface area contributed by atoms with Crippen LogP contribution in [0.1, 0.15) is 29.7 Å². The topological polar surface area (TPSA) is 68.5 Å². The Bertz CT molecular complexity index is 1490. The molecular weight excluding hydrogens is 488 g/mol. The molecule has 4 aromatic rings. The minimum Gasteiger partial charge on any atom is -0.489 e. The highest BCUT2D eigenvalue weighted by Gasteiger charge is 2.31. The van der Waals surface area contributed by atoms with Crippen molar-refractivity contribution in [2.75, 3.05) is 13.1 Å². The van der Waals surface area contributed by atoms with Gasteiger partial charge in [-0.05, 0) is 43.1 Å². The largest absolute Gasteiger partial charge is 0.489 e. The number of carbonyl (C=O) groups is 1. The molecule has 1 atom stereocenters. The number of pyridine rings is 1. The lowest BCUT2D eigenvalue weighted by Crippen LogP contribution is -2.45. The van der Waals surface area contributed by atoms with Crippen molar-refractivity contribution in [3.05, 3.63) is 94.0 Å². The van der Waals surface area contributed by atoms with Crippen molar-refractivity contribution in [3.8, 4) is 11.4 Å². The van der Waals surface area contributed by atoms with Crippen LogP contribution in [0.2, 0.25) is 0 Å². The van der Waals surface area contributed by atoms with Gasteiger partial charge in [0, 0.05) is 55.5 Å². The first-order valence-corrected chi connectivity index (χ1v) is 12.6. The van der Waals surface area contributed by atoms with Crippen molar-refractivity contribution < 1.29 is 9.53 Å². The number of hydrogen-bond acceptors (Lipinski definition) is 4. The van der Waals surface area contributed by atoms with E-state index in [-0.39, 0.29) is 29.9 Å². The molecule has 7 nitrogen and oxygen atoms in total. The molecule has 4 heterocycles. The molecule has 1 saturated heterocycles. The highest BCUT2D eigenvalue weighted by molar-refractivity contribution is 5.89. The number of rotatable bonds is 5. The Hall–Kier alpha value is -3.55. The standard InChI is InChI=1S/C29H30N4O3.ClH/c1-31-26-12-14-32(29(35)25-8-5-13-30-25)18-24(26)23-10-9-21(16-27(23)31)33-15-11-22(17-28(33)34)36-19-20-6-3-2-4-7-20;/h2-4,6-7,9-11,15-17,25,30H,5,8,12-14,18-19H2,1H3;1H/t25-;/m0./s1. The van der Waals surface area contributed by atoms with Gasteiger partial charge in [-0.25, -0.2) is 0 Å². The molecule has 1 fully saturated rings. The maximum Gasteiger partial charge on any atom is 0.258 e. The Balaban J connectivity index is 0.00000280. The van der Waals surface area contributed by atoms with Gasteiger partial charge in [-0.2, -0.15) is 0 Å². The highest BCUT2D eigenvalue weighted by atomic mass is 35.5. The predicted octanol–water partition coefficient (Wildman–Crippen LogP) is 3.97. The second-order valence-corrected chi connectivity index (χ2v) is 9.69. The van der Waals surface area contributed by atoms with Crippen LogP contribution >= 0.6 is 12.4 Å². The zero-order valence-corrected chi connectivity index (χ0v) is 21.7. The van der Waals surface area contributed by atoms with Gasteiger partial charge >= 0.3 is 0 Å². The summed E-state index contributed by atoms with van der Waals surface area (Å²) < 4.78 is 9.68. The number of amides is 1. The summed E-state index contributed by atoms with van der Waals surface area (Å²) in [6.07, 6.45) is 4.58. The number of benzene rings is 2. The summed E-state index contributed by atoms with van der Waals surface area (Å²) in [5.74, 6) is 0.768. The fourth-order valence-corrected chi connectivity index (χ4v) is 5.52. The van der Waals surface area contributed by atoms with Crippen LogP contribution in [0.3, 0.4) is 0 Å². The molecule has 2 aliphatic rings. The zero-order valence-electron chi connectivity index (χ0n) is 20.9. The maximum absolute atomic E-state index is 13.0. The van der Waals surface area contributed by atoms with Gasteiger partial charge in [-0.3, -0.25) is 14.2 Å². The molecular formula is C29H31ClN4O3. The first-order chi connectivity index (χ1) is 17.6. The van der Waals surface area contributed by atoms with Crippen molar-refractivity contribution in [1.82, 2.24) is 19.4 Å². The number of hydrogen-bond donors (Lipinski definition) is 1. The summed E-state index contributed by atoms with van der Waals surface area (Å²) in [5, 5.41) is 4.48. The quantitative estimate of drug-likeness (QED) is 0.434. The van der Waals surface area contributed by atoms with Gasteiger partial charge in [-0.15, -0.1) is 12.4 Å². The number of fused-ring (bicyclic) bond motifs is 3. The van der Waals surface area contributed by atoms with Crippen molar-refractivity contribution >= 4 is 29.2 Å². The number of nitrogens with zero attached hydrogens (tertiary/aromatic N) is 3. The minimum atomic E-state index is -0.139. The van der Waals surface area contributed by atoms with E-state index in [1.54, 1.807) is 10.8 Å². The monoisotopic (exact) mass is 518 g/mol. The highest BCUT2D eigenvalue weighted by Crippen LogP contribution is 2.32. The van der Waals surface area contributed by atoms with E-state index in [4.69, 9.17) is 4.74 Å².